The lowest BCUT2D eigenvalue weighted by Gasteiger charge is -2.43. The van der Waals surface area contributed by atoms with Crippen LogP contribution in [0.25, 0.3) is 0 Å². The second kappa shape index (κ2) is 20.7. The Kier molecular flexibility index (Phi) is 17.7. The largest absolute Gasteiger partial charge is 0.481 e. The molecule has 0 aliphatic rings. The summed E-state index contributed by atoms with van der Waals surface area (Å²) in [5.41, 5.74) is 0. The highest BCUT2D eigenvalue weighted by Crippen LogP contribution is 2.36. The zero-order valence-electron chi connectivity index (χ0n) is 24.9. The lowest BCUT2D eigenvalue weighted by atomic mass is 10.2. The third-order valence-electron chi connectivity index (χ3n) is 6.28. The Hall–Kier alpha value is -2.15. The van der Waals surface area contributed by atoms with Crippen LogP contribution in [0.3, 0.4) is 0 Å². The van der Waals surface area contributed by atoms with Crippen LogP contribution < -0.4 is 10.4 Å². The molecule has 0 atom stereocenters. The predicted octanol–water partition coefficient (Wildman–Crippen LogP) is 3.14. The summed E-state index contributed by atoms with van der Waals surface area (Å²) < 4.78 is 39.6. The summed E-state index contributed by atoms with van der Waals surface area (Å²) in [6, 6.07) is 21.2. The van der Waals surface area contributed by atoms with Crippen LogP contribution in [-0.4, -0.2) is 105 Å². The van der Waals surface area contributed by atoms with Gasteiger partial charge in [0.25, 0.3) is 8.32 Å². The maximum absolute atomic E-state index is 10.4. The maximum atomic E-state index is 10.4. The van der Waals surface area contributed by atoms with Gasteiger partial charge in [-0.2, -0.15) is 0 Å². The van der Waals surface area contributed by atoms with Crippen molar-refractivity contribution in [2.45, 2.75) is 32.2 Å². The van der Waals surface area contributed by atoms with Crippen molar-refractivity contribution in [2.24, 2.45) is 0 Å². The van der Waals surface area contributed by atoms with E-state index in [2.05, 4.69) is 69.3 Å². The van der Waals surface area contributed by atoms with Crippen LogP contribution >= 0.6 is 0 Å². The molecule has 0 spiro atoms. The summed E-state index contributed by atoms with van der Waals surface area (Å²) in [7, 11) is -2.53. The van der Waals surface area contributed by atoms with Crippen LogP contribution in [-0.2, 0) is 37.6 Å². The van der Waals surface area contributed by atoms with E-state index >= 15 is 0 Å². The van der Waals surface area contributed by atoms with Gasteiger partial charge < -0.3 is 38.0 Å². The van der Waals surface area contributed by atoms with E-state index in [1.165, 1.54) is 10.4 Å². The molecule has 2 aromatic rings. The molecule has 0 amide bonds. The Balaban J connectivity index is 1.51. The first-order chi connectivity index (χ1) is 19.9. The molecule has 0 bridgehead atoms. The Morgan fingerprint density at radius 2 is 0.878 bits per heavy atom. The number of aliphatic carboxylic acids is 1. The number of hydrogen-bond acceptors (Lipinski definition) is 8. The molecule has 0 unspecified atom stereocenters. The van der Waals surface area contributed by atoms with Crippen molar-refractivity contribution < 1.29 is 42.7 Å². The van der Waals surface area contributed by atoms with Gasteiger partial charge in [-0.15, -0.1) is 0 Å². The minimum absolute atomic E-state index is 0.00202. The van der Waals surface area contributed by atoms with Crippen LogP contribution in [0.4, 0.5) is 0 Å². The molecule has 2 aromatic carbocycles. The first-order valence-corrected chi connectivity index (χ1v) is 16.2. The van der Waals surface area contributed by atoms with Crippen LogP contribution in [0, 0.1) is 0 Å². The second-order valence-corrected chi connectivity index (χ2v) is 14.6. The summed E-state index contributed by atoms with van der Waals surface area (Å²) in [6.45, 7) is 12.7. The predicted molar refractivity (Wildman–Crippen MR) is 161 cm³/mol. The maximum Gasteiger partial charge on any atom is 0.305 e. The number of carbonyl (C=O) groups is 1. The summed E-state index contributed by atoms with van der Waals surface area (Å²) in [6.07, 6.45) is 0.00202. The van der Waals surface area contributed by atoms with Crippen molar-refractivity contribution >= 4 is 24.7 Å². The minimum atomic E-state index is -2.53. The van der Waals surface area contributed by atoms with Gasteiger partial charge >= 0.3 is 5.97 Å². The highest BCUT2D eigenvalue weighted by atomic mass is 28.4. The van der Waals surface area contributed by atoms with Crippen LogP contribution in [0.5, 0.6) is 0 Å². The highest BCUT2D eigenvalue weighted by Gasteiger charge is 2.49. The average molecular weight is 593 g/mol. The van der Waals surface area contributed by atoms with Crippen LogP contribution in [0.2, 0.25) is 5.04 Å². The molecule has 0 radical (unpaired) electrons. The molecule has 10 heteroatoms. The molecule has 0 aromatic heterocycles. The molecule has 0 aliphatic heterocycles. The molecule has 9 nitrogen and oxygen atoms in total. The van der Waals surface area contributed by atoms with E-state index in [4.69, 9.17) is 38.0 Å². The molecule has 0 heterocycles. The van der Waals surface area contributed by atoms with Gasteiger partial charge in [-0.25, -0.2) is 0 Å². The fourth-order valence-corrected chi connectivity index (χ4v) is 8.92. The topological polar surface area (TPSA) is 102 Å². The number of hydrogen-bond donors (Lipinski definition) is 1. The van der Waals surface area contributed by atoms with E-state index in [0.29, 0.717) is 79.3 Å². The molecule has 41 heavy (non-hydrogen) atoms. The molecule has 0 saturated carbocycles. The van der Waals surface area contributed by atoms with Crippen molar-refractivity contribution in [1.82, 2.24) is 0 Å². The van der Waals surface area contributed by atoms with Crippen molar-refractivity contribution in [3.63, 3.8) is 0 Å². The van der Waals surface area contributed by atoms with Gasteiger partial charge in [-0.1, -0.05) is 81.4 Å². The van der Waals surface area contributed by atoms with E-state index in [9.17, 15) is 4.79 Å². The summed E-state index contributed by atoms with van der Waals surface area (Å²) in [5.74, 6) is -0.869. The Morgan fingerprint density at radius 3 is 1.20 bits per heavy atom. The lowest BCUT2D eigenvalue weighted by molar-refractivity contribution is -0.138. The zero-order chi connectivity index (χ0) is 29.7. The van der Waals surface area contributed by atoms with Crippen molar-refractivity contribution in [3.05, 3.63) is 60.7 Å². The first-order valence-electron chi connectivity index (χ1n) is 14.3. The monoisotopic (exact) mass is 592 g/mol. The smallest absolute Gasteiger partial charge is 0.305 e. The van der Waals surface area contributed by atoms with Crippen LogP contribution in [0.1, 0.15) is 27.2 Å². The van der Waals surface area contributed by atoms with Gasteiger partial charge in [0.1, 0.15) is 0 Å². The fourth-order valence-electron chi connectivity index (χ4n) is 4.38. The van der Waals surface area contributed by atoms with Gasteiger partial charge in [0.2, 0.25) is 0 Å². The standard InChI is InChI=1S/C31H48O9Si/c1-31(2,3)41(28-10-6-4-7-11-28,29-12-8-5-9-13-29)40-27-26-39-25-24-38-23-22-37-21-20-36-19-18-35-17-16-34-15-14-30(32)33/h4-13H,14-27H2,1-3H3,(H,32,33). The Labute approximate surface area is 246 Å². The summed E-state index contributed by atoms with van der Waals surface area (Å²) in [5, 5.41) is 11.0. The van der Waals surface area contributed by atoms with Crippen molar-refractivity contribution in [2.75, 3.05) is 85.9 Å². The highest BCUT2D eigenvalue weighted by molar-refractivity contribution is 6.99. The third-order valence-corrected chi connectivity index (χ3v) is 11.3. The molecule has 1 N–H and O–H groups in total. The number of ether oxygens (including phenoxy) is 6. The van der Waals surface area contributed by atoms with E-state index in [1.807, 2.05) is 12.1 Å². The van der Waals surface area contributed by atoms with Gasteiger partial charge in [0.05, 0.1) is 92.3 Å². The average Bonchev–Trinajstić information content (AvgIpc) is 2.96. The first kappa shape index (κ1) is 35.0. The molecule has 0 aliphatic carbocycles. The van der Waals surface area contributed by atoms with Crippen LogP contribution in [0.15, 0.2) is 60.7 Å². The molecule has 0 saturated heterocycles. The molecular weight excluding hydrogens is 544 g/mol. The third kappa shape index (κ3) is 13.6. The quantitative estimate of drug-likeness (QED) is 0.146. The zero-order valence-corrected chi connectivity index (χ0v) is 25.9. The molecule has 2 rings (SSSR count). The fraction of sp³-hybridized carbons (Fsp3) is 0.581. The summed E-state index contributed by atoms with van der Waals surface area (Å²) in [4.78, 5) is 10.4. The minimum Gasteiger partial charge on any atom is -0.481 e. The van der Waals surface area contributed by atoms with Gasteiger partial charge in [-0.05, 0) is 15.4 Å². The summed E-state index contributed by atoms with van der Waals surface area (Å²) >= 11 is 0. The number of benzene rings is 2. The molecule has 0 fully saturated rings. The van der Waals surface area contributed by atoms with Crippen molar-refractivity contribution in [1.29, 1.82) is 0 Å². The SMILES string of the molecule is CC(C)(C)[Si](OCCOCCOCCOCCOCCOCCOCCC(=O)O)(c1ccccc1)c1ccccc1. The van der Waals surface area contributed by atoms with Gasteiger partial charge in [0.15, 0.2) is 0 Å². The van der Waals surface area contributed by atoms with E-state index < -0.39 is 14.3 Å². The lowest BCUT2D eigenvalue weighted by Crippen LogP contribution is -2.66. The van der Waals surface area contributed by atoms with Crippen molar-refractivity contribution in [3.8, 4) is 0 Å². The second-order valence-electron chi connectivity index (χ2n) is 10.3. The van der Waals surface area contributed by atoms with Gasteiger partial charge in [-0.3, -0.25) is 4.79 Å². The van der Waals surface area contributed by atoms with Gasteiger partial charge in [0, 0.05) is 0 Å². The number of rotatable bonds is 24. The normalized spacial score (nSPS) is 12.1. The molecule has 230 valence electrons. The van der Waals surface area contributed by atoms with E-state index in [1.54, 1.807) is 0 Å². The Morgan fingerprint density at radius 1 is 0.561 bits per heavy atom. The number of carboxylic acids is 1. The van der Waals surface area contributed by atoms with E-state index in [-0.39, 0.29) is 18.1 Å². The number of carboxylic acid groups (broad SMARTS) is 1. The molecular formula is C31H48O9Si. The Bertz CT molecular complexity index is 883. The van der Waals surface area contributed by atoms with E-state index in [0.717, 1.165) is 0 Å².